The maximum Gasteiger partial charge on any atom is 0.219 e. The van der Waals surface area contributed by atoms with Crippen LogP contribution in [0.5, 0.6) is 0 Å². The van der Waals surface area contributed by atoms with Crippen LogP contribution in [0.25, 0.3) is 0 Å². The maximum absolute atomic E-state index is 11.1. The van der Waals surface area contributed by atoms with E-state index >= 15 is 0 Å². The van der Waals surface area contributed by atoms with Crippen LogP contribution in [0.4, 0.5) is 0 Å². The summed E-state index contributed by atoms with van der Waals surface area (Å²) in [4.78, 5) is 12.9. The highest BCUT2D eigenvalue weighted by Crippen LogP contribution is 2.06. The van der Waals surface area contributed by atoms with Crippen LogP contribution in [0, 0.1) is 0 Å². The second-order valence-electron chi connectivity index (χ2n) is 2.90. The summed E-state index contributed by atoms with van der Waals surface area (Å²) in [6.45, 7) is 4.05. The van der Waals surface area contributed by atoms with Gasteiger partial charge in [0, 0.05) is 20.6 Å². The first-order valence-corrected chi connectivity index (χ1v) is 4.09. The zero-order chi connectivity index (χ0) is 8.97. The van der Waals surface area contributed by atoms with Crippen LogP contribution >= 0.6 is 0 Å². The Morgan fingerprint density at radius 2 is 2.50 bits per heavy atom. The van der Waals surface area contributed by atoms with E-state index in [0.717, 1.165) is 0 Å². The van der Waals surface area contributed by atoms with Crippen molar-refractivity contribution in [1.82, 2.24) is 4.90 Å². The molecular formula is C8H15NO3. The van der Waals surface area contributed by atoms with E-state index in [2.05, 4.69) is 0 Å². The van der Waals surface area contributed by atoms with Crippen molar-refractivity contribution in [2.24, 2.45) is 0 Å². The number of carbonyl (C=O) groups is 1. The van der Waals surface area contributed by atoms with Gasteiger partial charge >= 0.3 is 0 Å². The Kier molecular flexibility index (Phi) is 3.49. The normalized spacial score (nSPS) is 24.2. The molecule has 0 N–H and O–H groups in total. The van der Waals surface area contributed by atoms with E-state index in [0.29, 0.717) is 26.4 Å². The fourth-order valence-electron chi connectivity index (χ4n) is 1.40. The van der Waals surface area contributed by atoms with Gasteiger partial charge in [0.2, 0.25) is 5.91 Å². The zero-order valence-electron chi connectivity index (χ0n) is 7.58. The fourth-order valence-corrected chi connectivity index (χ4v) is 1.40. The Balaban J connectivity index is 2.48. The van der Waals surface area contributed by atoms with Gasteiger partial charge in [0.15, 0.2) is 0 Å². The average Bonchev–Trinajstić information content (AvgIpc) is 2.05. The minimum Gasteiger partial charge on any atom is -0.382 e. The number of morpholine rings is 1. The third-order valence-electron chi connectivity index (χ3n) is 1.99. The molecule has 0 aromatic carbocycles. The van der Waals surface area contributed by atoms with E-state index in [1.165, 1.54) is 0 Å². The van der Waals surface area contributed by atoms with Crippen LogP contribution in [0.1, 0.15) is 6.92 Å². The lowest BCUT2D eigenvalue weighted by Crippen LogP contribution is -2.49. The van der Waals surface area contributed by atoms with Crippen molar-refractivity contribution < 1.29 is 14.3 Å². The molecule has 4 nitrogen and oxygen atoms in total. The van der Waals surface area contributed by atoms with Crippen LogP contribution < -0.4 is 0 Å². The lowest BCUT2D eigenvalue weighted by atomic mass is 10.2. The fraction of sp³-hybridized carbons (Fsp3) is 0.875. The molecule has 0 saturated carbocycles. The molecule has 1 fully saturated rings. The topological polar surface area (TPSA) is 38.8 Å². The van der Waals surface area contributed by atoms with Gasteiger partial charge in [-0.2, -0.15) is 0 Å². The molecule has 0 aromatic rings. The SMILES string of the molecule is COCC1COCCN1C(C)=O. The Bertz CT molecular complexity index is 158. The first-order chi connectivity index (χ1) is 5.75. The highest BCUT2D eigenvalue weighted by Gasteiger charge is 2.24. The minimum absolute atomic E-state index is 0.0975. The molecule has 12 heavy (non-hydrogen) atoms. The highest BCUT2D eigenvalue weighted by atomic mass is 16.5. The summed E-state index contributed by atoms with van der Waals surface area (Å²) in [5.74, 6) is 0.0975. The van der Waals surface area contributed by atoms with E-state index in [-0.39, 0.29) is 11.9 Å². The van der Waals surface area contributed by atoms with E-state index in [1.807, 2.05) is 0 Å². The van der Waals surface area contributed by atoms with Crippen molar-refractivity contribution in [2.45, 2.75) is 13.0 Å². The number of methoxy groups -OCH3 is 1. The van der Waals surface area contributed by atoms with Crippen LogP contribution in [-0.4, -0.2) is 50.3 Å². The van der Waals surface area contributed by atoms with Crippen molar-refractivity contribution in [1.29, 1.82) is 0 Å². The summed E-state index contributed by atoms with van der Waals surface area (Å²) in [6, 6.07) is 0.0984. The van der Waals surface area contributed by atoms with Gasteiger partial charge < -0.3 is 14.4 Å². The van der Waals surface area contributed by atoms with E-state index in [4.69, 9.17) is 9.47 Å². The molecule has 1 atom stereocenters. The molecule has 0 bridgehead atoms. The summed E-state index contributed by atoms with van der Waals surface area (Å²) in [5, 5.41) is 0. The third-order valence-corrected chi connectivity index (χ3v) is 1.99. The Morgan fingerprint density at radius 1 is 1.75 bits per heavy atom. The molecule has 4 heteroatoms. The smallest absolute Gasteiger partial charge is 0.219 e. The third kappa shape index (κ3) is 2.19. The molecule has 1 amide bonds. The molecule has 0 aromatic heterocycles. The summed E-state index contributed by atoms with van der Waals surface area (Å²) < 4.78 is 10.2. The van der Waals surface area contributed by atoms with Crippen molar-refractivity contribution >= 4 is 5.91 Å². The highest BCUT2D eigenvalue weighted by molar-refractivity contribution is 5.73. The number of amides is 1. The molecule has 0 radical (unpaired) electrons. The van der Waals surface area contributed by atoms with Crippen molar-refractivity contribution in [3.05, 3.63) is 0 Å². The van der Waals surface area contributed by atoms with E-state index in [1.54, 1.807) is 18.9 Å². The molecule has 0 aliphatic carbocycles. The van der Waals surface area contributed by atoms with Crippen LogP contribution in [0.2, 0.25) is 0 Å². The van der Waals surface area contributed by atoms with Gasteiger partial charge in [0.05, 0.1) is 25.9 Å². The molecule has 1 rings (SSSR count). The standard InChI is InChI=1S/C8H15NO3/c1-7(10)9-3-4-12-6-8(9)5-11-2/h8H,3-6H2,1-2H3. The maximum atomic E-state index is 11.1. The van der Waals surface area contributed by atoms with Gasteiger partial charge in [-0.1, -0.05) is 0 Å². The van der Waals surface area contributed by atoms with Crippen LogP contribution in [-0.2, 0) is 14.3 Å². The monoisotopic (exact) mass is 173 g/mol. The van der Waals surface area contributed by atoms with E-state index in [9.17, 15) is 4.79 Å². The molecule has 0 spiro atoms. The minimum atomic E-state index is 0.0975. The molecule has 1 aliphatic rings. The van der Waals surface area contributed by atoms with Gasteiger partial charge in [-0.05, 0) is 0 Å². The van der Waals surface area contributed by atoms with Gasteiger partial charge in [-0.3, -0.25) is 4.79 Å². The molecule has 1 heterocycles. The Labute approximate surface area is 72.4 Å². The average molecular weight is 173 g/mol. The number of nitrogens with zero attached hydrogens (tertiary/aromatic N) is 1. The Morgan fingerprint density at radius 3 is 3.08 bits per heavy atom. The quantitative estimate of drug-likeness (QED) is 0.584. The summed E-state index contributed by atoms with van der Waals surface area (Å²) in [6.07, 6.45) is 0. The van der Waals surface area contributed by atoms with Crippen molar-refractivity contribution in [3.8, 4) is 0 Å². The predicted molar refractivity (Wildman–Crippen MR) is 43.9 cm³/mol. The lowest BCUT2D eigenvalue weighted by Gasteiger charge is -2.34. The Hall–Kier alpha value is -0.610. The summed E-state index contributed by atoms with van der Waals surface area (Å²) in [5.41, 5.74) is 0. The molecule has 1 aliphatic heterocycles. The summed E-state index contributed by atoms with van der Waals surface area (Å²) >= 11 is 0. The largest absolute Gasteiger partial charge is 0.382 e. The van der Waals surface area contributed by atoms with Gasteiger partial charge in [-0.25, -0.2) is 0 Å². The lowest BCUT2D eigenvalue weighted by molar-refractivity contribution is -0.139. The van der Waals surface area contributed by atoms with Crippen molar-refractivity contribution in [2.75, 3.05) is 33.5 Å². The van der Waals surface area contributed by atoms with Gasteiger partial charge in [-0.15, -0.1) is 0 Å². The summed E-state index contributed by atoms with van der Waals surface area (Å²) in [7, 11) is 1.63. The number of carbonyl (C=O) groups excluding carboxylic acids is 1. The zero-order valence-corrected chi connectivity index (χ0v) is 7.58. The predicted octanol–water partition coefficient (Wildman–Crippen LogP) is -0.120. The number of hydrogen-bond acceptors (Lipinski definition) is 3. The number of hydrogen-bond donors (Lipinski definition) is 0. The molecule has 1 unspecified atom stereocenters. The van der Waals surface area contributed by atoms with Crippen LogP contribution in [0.15, 0.2) is 0 Å². The second-order valence-corrected chi connectivity index (χ2v) is 2.90. The van der Waals surface area contributed by atoms with Gasteiger partial charge in [0.25, 0.3) is 0 Å². The number of rotatable bonds is 2. The molecular weight excluding hydrogens is 158 g/mol. The van der Waals surface area contributed by atoms with Gasteiger partial charge in [0.1, 0.15) is 0 Å². The van der Waals surface area contributed by atoms with Crippen molar-refractivity contribution in [3.63, 3.8) is 0 Å². The second kappa shape index (κ2) is 4.42. The van der Waals surface area contributed by atoms with Crippen LogP contribution in [0.3, 0.4) is 0 Å². The first-order valence-electron chi connectivity index (χ1n) is 4.09. The molecule has 1 saturated heterocycles. The number of ether oxygens (including phenoxy) is 2. The van der Waals surface area contributed by atoms with E-state index < -0.39 is 0 Å². The molecule has 70 valence electrons. The first kappa shape index (κ1) is 9.48.